The van der Waals surface area contributed by atoms with Crippen LogP contribution in [0.15, 0.2) is 48.8 Å². The van der Waals surface area contributed by atoms with Crippen LogP contribution in [0, 0.1) is 5.82 Å². The normalized spacial score (nSPS) is 10.4. The van der Waals surface area contributed by atoms with Crippen LogP contribution < -0.4 is 10.5 Å². The number of hydrogen-bond donors (Lipinski definition) is 2. The molecule has 5 nitrogen and oxygen atoms in total. The first-order valence-electron chi connectivity index (χ1n) is 5.91. The molecule has 0 unspecified atom stereocenters. The summed E-state index contributed by atoms with van der Waals surface area (Å²) in [7, 11) is 0. The molecule has 0 spiro atoms. The number of halogens is 1. The van der Waals surface area contributed by atoms with E-state index in [0.717, 1.165) is 0 Å². The van der Waals surface area contributed by atoms with Gasteiger partial charge in [0.15, 0.2) is 0 Å². The molecule has 2 heterocycles. The van der Waals surface area contributed by atoms with E-state index in [0.29, 0.717) is 17.1 Å². The van der Waals surface area contributed by atoms with Gasteiger partial charge in [-0.1, -0.05) is 18.2 Å². The number of benzene rings is 1. The molecule has 3 aromatic rings. The van der Waals surface area contributed by atoms with Crippen LogP contribution in [0.5, 0.6) is 11.6 Å². The van der Waals surface area contributed by atoms with Crippen molar-refractivity contribution in [2.24, 2.45) is 0 Å². The van der Waals surface area contributed by atoms with Crippen LogP contribution >= 0.6 is 0 Å². The third-order valence-electron chi connectivity index (χ3n) is 2.73. The molecular formula is C14H11FN4O. The number of ether oxygens (including phenoxy) is 1. The maximum atomic E-state index is 14.1. The van der Waals surface area contributed by atoms with Gasteiger partial charge in [0, 0.05) is 12.3 Å². The average Bonchev–Trinajstić information content (AvgIpc) is 2.86. The molecule has 20 heavy (non-hydrogen) atoms. The molecule has 0 atom stereocenters. The van der Waals surface area contributed by atoms with Crippen molar-refractivity contribution < 1.29 is 9.13 Å². The van der Waals surface area contributed by atoms with Crippen LogP contribution in [-0.4, -0.2) is 15.2 Å². The van der Waals surface area contributed by atoms with Gasteiger partial charge in [0.2, 0.25) is 5.88 Å². The molecular weight excluding hydrogens is 259 g/mol. The van der Waals surface area contributed by atoms with E-state index in [9.17, 15) is 4.39 Å². The third kappa shape index (κ3) is 2.31. The third-order valence-corrected chi connectivity index (χ3v) is 2.73. The maximum Gasteiger partial charge on any atom is 0.222 e. The first kappa shape index (κ1) is 12.2. The molecule has 0 radical (unpaired) electrons. The minimum absolute atomic E-state index is 0.176. The van der Waals surface area contributed by atoms with Crippen molar-refractivity contribution in [3.05, 3.63) is 54.6 Å². The van der Waals surface area contributed by atoms with E-state index >= 15 is 0 Å². The van der Waals surface area contributed by atoms with Gasteiger partial charge in [0.25, 0.3) is 0 Å². The molecule has 3 rings (SSSR count). The van der Waals surface area contributed by atoms with Crippen molar-refractivity contribution in [2.45, 2.75) is 0 Å². The first-order chi connectivity index (χ1) is 9.74. The highest BCUT2D eigenvalue weighted by Crippen LogP contribution is 2.28. The highest BCUT2D eigenvalue weighted by atomic mass is 19.1. The molecule has 0 aliphatic rings. The minimum atomic E-state index is -0.484. The molecule has 0 aliphatic heterocycles. The van der Waals surface area contributed by atoms with Crippen molar-refractivity contribution in [1.29, 1.82) is 0 Å². The molecule has 3 N–H and O–H groups in total. The predicted octanol–water partition coefficient (Wildman–Crippen LogP) is 2.99. The summed E-state index contributed by atoms with van der Waals surface area (Å²) in [6, 6.07) is 10.3. The molecule has 6 heteroatoms. The van der Waals surface area contributed by atoms with Gasteiger partial charge in [-0.25, -0.2) is 9.37 Å². The molecule has 0 aliphatic carbocycles. The van der Waals surface area contributed by atoms with Crippen LogP contribution in [0.4, 0.5) is 10.1 Å². The Bertz CT molecular complexity index is 727. The average molecular weight is 270 g/mol. The van der Waals surface area contributed by atoms with Crippen molar-refractivity contribution in [2.75, 3.05) is 5.73 Å². The van der Waals surface area contributed by atoms with Gasteiger partial charge in [-0.15, -0.1) is 0 Å². The number of aromatic nitrogens is 3. The second kappa shape index (κ2) is 5.00. The number of nitrogens with zero attached hydrogens (tertiary/aromatic N) is 2. The quantitative estimate of drug-likeness (QED) is 0.767. The van der Waals surface area contributed by atoms with Crippen molar-refractivity contribution in [3.63, 3.8) is 0 Å². The summed E-state index contributed by atoms with van der Waals surface area (Å²) in [4.78, 5) is 4.07. The fourth-order valence-electron chi connectivity index (χ4n) is 1.77. The Balaban J connectivity index is 1.90. The first-order valence-corrected chi connectivity index (χ1v) is 5.91. The number of anilines is 1. The summed E-state index contributed by atoms with van der Waals surface area (Å²) < 4.78 is 19.5. The summed E-state index contributed by atoms with van der Waals surface area (Å²) in [5.74, 6) is 0.283. The zero-order valence-corrected chi connectivity index (χ0v) is 10.4. The second-order valence-electron chi connectivity index (χ2n) is 4.12. The fraction of sp³-hybridized carbons (Fsp3) is 0. The van der Waals surface area contributed by atoms with Gasteiger partial charge in [-0.2, -0.15) is 5.10 Å². The molecule has 0 fully saturated rings. The fourth-order valence-corrected chi connectivity index (χ4v) is 1.77. The monoisotopic (exact) mass is 270 g/mol. The number of pyridine rings is 1. The van der Waals surface area contributed by atoms with Crippen LogP contribution in [0.25, 0.3) is 11.3 Å². The molecule has 1 aromatic carbocycles. The van der Waals surface area contributed by atoms with E-state index in [2.05, 4.69) is 15.2 Å². The number of H-pyrrole nitrogens is 1. The Morgan fingerprint density at radius 2 is 1.95 bits per heavy atom. The summed E-state index contributed by atoms with van der Waals surface area (Å²) >= 11 is 0. The van der Waals surface area contributed by atoms with Crippen molar-refractivity contribution in [1.82, 2.24) is 15.2 Å². The van der Waals surface area contributed by atoms with Gasteiger partial charge < -0.3 is 10.5 Å². The zero-order valence-electron chi connectivity index (χ0n) is 10.4. The Kier molecular flexibility index (Phi) is 3.04. The predicted molar refractivity (Wildman–Crippen MR) is 72.7 cm³/mol. The van der Waals surface area contributed by atoms with E-state index in [4.69, 9.17) is 10.5 Å². The smallest absolute Gasteiger partial charge is 0.222 e. The standard InChI is InChI=1S/C14H11FN4O/c15-11-6-13(20-9-4-2-1-3-5-9)17-7-10(11)14-12(16)8-18-19-14/h1-8H,16H2,(H,18,19). The Morgan fingerprint density at radius 1 is 1.15 bits per heavy atom. The Hall–Kier alpha value is -2.89. The van der Waals surface area contributed by atoms with Crippen molar-refractivity contribution >= 4 is 5.69 Å². The van der Waals surface area contributed by atoms with E-state index in [1.54, 1.807) is 12.1 Å². The van der Waals surface area contributed by atoms with Crippen LogP contribution in [0.2, 0.25) is 0 Å². The Morgan fingerprint density at radius 3 is 2.60 bits per heavy atom. The largest absolute Gasteiger partial charge is 0.439 e. The van der Waals surface area contributed by atoms with Crippen LogP contribution in [0.1, 0.15) is 0 Å². The summed E-state index contributed by atoms with van der Waals surface area (Å²) in [6.07, 6.45) is 2.78. The zero-order chi connectivity index (χ0) is 13.9. The van der Waals surface area contributed by atoms with Gasteiger partial charge in [-0.3, -0.25) is 5.10 Å². The second-order valence-corrected chi connectivity index (χ2v) is 4.12. The van der Waals surface area contributed by atoms with E-state index in [1.165, 1.54) is 18.5 Å². The topological polar surface area (TPSA) is 76.8 Å². The molecule has 0 bridgehead atoms. The lowest BCUT2D eigenvalue weighted by Crippen LogP contribution is -1.94. The lowest BCUT2D eigenvalue weighted by Gasteiger charge is -2.06. The van der Waals surface area contributed by atoms with Gasteiger partial charge in [-0.05, 0) is 12.1 Å². The van der Waals surface area contributed by atoms with Gasteiger partial charge >= 0.3 is 0 Å². The number of nitrogen functional groups attached to an aromatic ring is 1. The number of hydrogen-bond acceptors (Lipinski definition) is 4. The number of nitrogens with two attached hydrogens (primary N) is 1. The number of nitrogens with one attached hydrogen (secondary N) is 1. The summed E-state index contributed by atoms with van der Waals surface area (Å²) in [6.45, 7) is 0. The number of aromatic amines is 1. The highest BCUT2D eigenvalue weighted by Gasteiger charge is 2.12. The summed E-state index contributed by atoms with van der Waals surface area (Å²) in [5, 5.41) is 6.39. The lowest BCUT2D eigenvalue weighted by atomic mass is 10.2. The van der Waals surface area contributed by atoms with Crippen molar-refractivity contribution in [3.8, 4) is 22.9 Å². The van der Waals surface area contributed by atoms with Crippen LogP contribution in [-0.2, 0) is 0 Å². The molecule has 0 amide bonds. The number of rotatable bonds is 3. The maximum absolute atomic E-state index is 14.1. The van der Waals surface area contributed by atoms with Crippen LogP contribution in [0.3, 0.4) is 0 Å². The lowest BCUT2D eigenvalue weighted by molar-refractivity contribution is 0.457. The highest BCUT2D eigenvalue weighted by molar-refractivity contribution is 5.71. The van der Waals surface area contributed by atoms with E-state index in [1.807, 2.05) is 18.2 Å². The summed E-state index contributed by atoms with van der Waals surface area (Å²) in [5.41, 5.74) is 6.70. The molecule has 0 saturated heterocycles. The number of para-hydroxylation sites is 1. The van der Waals surface area contributed by atoms with Gasteiger partial charge in [0.1, 0.15) is 11.6 Å². The van der Waals surface area contributed by atoms with E-state index in [-0.39, 0.29) is 11.4 Å². The minimum Gasteiger partial charge on any atom is -0.439 e. The SMILES string of the molecule is Nc1cn[nH]c1-c1cnc(Oc2ccccc2)cc1F. The molecule has 0 saturated carbocycles. The molecule has 2 aromatic heterocycles. The van der Waals surface area contributed by atoms with E-state index < -0.39 is 5.82 Å². The molecule has 100 valence electrons. The van der Waals surface area contributed by atoms with Gasteiger partial charge in [0.05, 0.1) is 23.1 Å². The Labute approximate surface area is 114 Å².